The molecule has 2 aliphatic rings. The summed E-state index contributed by atoms with van der Waals surface area (Å²) in [7, 11) is 3.25. The highest BCUT2D eigenvalue weighted by Crippen LogP contribution is 2.42. The maximum absolute atomic E-state index is 12.6. The van der Waals surface area contributed by atoms with E-state index in [2.05, 4.69) is 5.32 Å². The van der Waals surface area contributed by atoms with Crippen LogP contribution in [0.1, 0.15) is 30.0 Å². The van der Waals surface area contributed by atoms with Crippen LogP contribution in [0.4, 0.5) is 4.79 Å². The molecular formula is C31H35N3O6. The van der Waals surface area contributed by atoms with E-state index in [9.17, 15) is 9.90 Å². The molecule has 5 rings (SSSR count). The summed E-state index contributed by atoms with van der Waals surface area (Å²) in [6.07, 6.45) is -0.811. The van der Waals surface area contributed by atoms with Crippen LogP contribution in [-0.4, -0.2) is 61.5 Å². The fourth-order valence-electron chi connectivity index (χ4n) is 5.21. The van der Waals surface area contributed by atoms with Crippen molar-refractivity contribution in [2.24, 2.45) is 5.73 Å². The summed E-state index contributed by atoms with van der Waals surface area (Å²) in [6, 6.07) is 25.0. The molecular weight excluding hydrogens is 510 g/mol. The zero-order valence-corrected chi connectivity index (χ0v) is 22.8. The first-order valence-corrected chi connectivity index (χ1v) is 13.2. The Morgan fingerprint density at radius 1 is 0.950 bits per heavy atom. The molecule has 9 heteroatoms. The number of benzene rings is 3. The van der Waals surface area contributed by atoms with E-state index in [4.69, 9.17) is 24.7 Å². The summed E-state index contributed by atoms with van der Waals surface area (Å²) < 4.78 is 23.9. The number of methoxy groups -OCH3 is 2. The number of carbonyl (C=O) groups is 1. The third kappa shape index (κ3) is 5.29. The highest BCUT2D eigenvalue weighted by Gasteiger charge is 2.44. The number of ether oxygens (including phenoxy) is 4. The van der Waals surface area contributed by atoms with Gasteiger partial charge >= 0.3 is 6.03 Å². The van der Waals surface area contributed by atoms with Crippen molar-refractivity contribution in [1.82, 2.24) is 10.2 Å². The Morgan fingerprint density at radius 3 is 2.05 bits per heavy atom. The molecule has 210 valence electrons. The lowest BCUT2D eigenvalue weighted by Gasteiger charge is -2.37. The lowest BCUT2D eigenvalue weighted by molar-refractivity contribution is -0.0977. The van der Waals surface area contributed by atoms with Gasteiger partial charge in [-0.2, -0.15) is 0 Å². The molecule has 0 bridgehead atoms. The van der Waals surface area contributed by atoms with Crippen molar-refractivity contribution in [2.45, 2.75) is 43.5 Å². The molecule has 1 saturated heterocycles. The Kier molecular flexibility index (Phi) is 8.09. The number of rotatable bonds is 9. The molecule has 0 aromatic heterocycles. The Labute approximate surface area is 234 Å². The summed E-state index contributed by atoms with van der Waals surface area (Å²) in [5.41, 5.74) is 8.32. The molecule has 0 spiro atoms. The molecule has 4 N–H and O–H groups in total. The van der Waals surface area contributed by atoms with Crippen LogP contribution in [0.5, 0.6) is 11.5 Å². The first kappa shape index (κ1) is 27.7. The van der Waals surface area contributed by atoms with E-state index in [0.29, 0.717) is 0 Å². The van der Waals surface area contributed by atoms with Crippen molar-refractivity contribution < 1.29 is 28.8 Å². The van der Waals surface area contributed by atoms with Gasteiger partial charge in [0.15, 0.2) is 0 Å². The van der Waals surface area contributed by atoms with Crippen LogP contribution in [0.25, 0.3) is 0 Å². The van der Waals surface area contributed by atoms with Gasteiger partial charge in [-0.15, -0.1) is 0 Å². The van der Waals surface area contributed by atoms with Gasteiger partial charge in [-0.1, -0.05) is 54.6 Å². The number of nitrogens with one attached hydrogen (secondary N) is 1. The van der Waals surface area contributed by atoms with Crippen molar-refractivity contribution in [3.8, 4) is 11.5 Å². The van der Waals surface area contributed by atoms with Crippen molar-refractivity contribution in [3.63, 3.8) is 0 Å². The highest BCUT2D eigenvalue weighted by atomic mass is 16.6. The fourth-order valence-corrected chi connectivity index (χ4v) is 5.21. The zero-order chi connectivity index (χ0) is 28.3. The molecule has 2 amide bonds. The molecule has 40 heavy (non-hydrogen) atoms. The predicted molar refractivity (Wildman–Crippen MR) is 150 cm³/mol. The molecule has 0 saturated carbocycles. The third-order valence-electron chi connectivity index (χ3n) is 7.50. The summed E-state index contributed by atoms with van der Waals surface area (Å²) >= 11 is 0. The van der Waals surface area contributed by atoms with E-state index in [1.54, 1.807) is 20.4 Å². The van der Waals surface area contributed by atoms with E-state index >= 15 is 0 Å². The average molecular weight is 546 g/mol. The summed E-state index contributed by atoms with van der Waals surface area (Å²) in [6.45, 7) is 1.89. The van der Waals surface area contributed by atoms with Crippen LogP contribution in [0, 0.1) is 0 Å². The number of hydrogen-bond donors (Lipinski definition) is 3. The minimum absolute atomic E-state index is 0.0578. The number of aliphatic hydroxyl groups is 1. The van der Waals surface area contributed by atoms with Crippen molar-refractivity contribution >= 4 is 6.03 Å². The van der Waals surface area contributed by atoms with Gasteiger partial charge < -0.3 is 35.1 Å². The lowest BCUT2D eigenvalue weighted by atomic mass is 9.80. The Morgan fingerprint density at radius 2 is 1.50 bits per heavy atom. The number of nitrogens with zero attached hydrogens (tertiary/aromatic N) is 1. The van der Waals surface area contributed by atoms with E-state index in [1.807, 2.05) is 85.8 Å². The molecule has 4 atom stereocenters. The van der Waals surface area contributed by atoms with Gasteiger partial charge in [-0.25, -0.2) is 4.79 Å². The predicted octanol–water partition coefficient (Wildman–Crippen LogP) is 3.70. The number of carbonyl (C=O) groups excluding carboxylic acids is 1. The van der Waals surface area contributed by atoms with Gasteiger partial charge in [-0.05, 0) is 53.5 Å². The minimum atomic E-state index is -1.05. The maximum atomic E-state index is 12.6. The van der Waals surface area contributed by atoms with E-state index < -0.39 is 30.2 Å². The van der Waals surface area contributed by atoms with Gasteiger partial charge in [0.25, 0.3) is 0 Å². The molecule has 4 unspecified atom stereocenters. The number of nitrogens with two attached hydrogens (primary N) is 1. The first-order chi connectivity index (χ1) is 19.3. The van der Waals surface area contributed by atoms with E-state index in [0.717, 1.165) is 33.8 Å². The SMILES string of the molecule is COc1ccc(C(OCC2OC(N3C=C(C)C(N)NC3=O)CC2O)(c2ccccc2)c2ccc(OC)cc2)cc1. The molecule has 3 aromatic rings. The van der Waals surface area contributed by atoms with Crippen LogP contribution in [0.3, 0.4) is 0 Å². The second-order valence-electron chi connectivity index (χ2n) is 9.96. The molecule has 9 nitrogen and oxygen atoms in total. The number of amides is 2. The van der Waals surface area contributed by atoms with Gasteiger partial charge in [0, 0.05) is 12.6 Å². The van der Waals surface area contributed by atoms with E-state index in [-0.39, 0.29) is 19.1 Å². The van der Waals surface area contributed by atoms with Gasteiger partial charge in [0.05, 0.1) is 26.9 Å². The molecule has 1 fully saturated rings. The quantitative estimate of drug-likeness (QED) is 0.351. The molecule has 2 aliphatic heterocycles. The van der Waals surface area contributed by atoms with Crippen molar-refractivity contribution in [1.29, 1.82) is 0 Å². The Hall–Kier alpha value is -3.89. The minimum Gasteiger partial charge on any atom is -0.497 e. The largest absolute Gasteiger partial charge is 0.497 e. The topological polar surface area (TPSA) is 116 Å². The third-order valence-corrected chi connectivity index (χ3v) is 7.50. The zero-order valence-electron chi connectivity index (χ0n) is 22.8. The lowest BCUT2D eigenvalue weighted by Crippen LogP contribution is -2.54. The van der Waals surface area contributed by atoms with Crippen LogP contribution in [0.2, 0.25) is 0 Å². The smallest absolute Gasteiger partial charge is 0.325 e. The van der Waals surface area contributed by atoms with Crippen LogP contribution in [0.15, 0.2) is 90.6 Å². The van der Waals surface area contributed by atoms with Gasteiger partial charge in [0.1, 0.15) is 35.6 Å². The van der Waals surface area contributed by atoms with E-state index in [1.165, 1.54) is 4.90 Å². The Balaban J connectivity index is 1.50. The van der Waals surface area contributed by atoms with Crippen LogP contribution < -0.4 is 20.5 Å². The Bertz CT molecular complexity index is 1280. The number of aliphatic hydroxyl groups excluding tert-OH is 1. The standard InChI is InChI=1S/C31H35N3O6/c1-20-18-34(30(36)33-29(20)32)28-17-26(35)27(40-28)19-39-31(21-7-5-4-6-8-21,22-9-13-24(37-2)14-10-22)23-11-15-25(38-3)16-12-23/h4-16,18,26-29,35H,17,19,32H2,1-3H3,(H,33,36). The number of hydrogen-bond acceptors (Lipinski definition) is 7. The fraction of sp³-hybridized carbons (Fsp3) is 0.323. The normalized spacial score (nSPS) is 23.0. The van der Waals surface area contributed by atoms with Crippen molar-refractivity contribution in [3.05, 3.63) is 107 Å². The summed E-state index contributed by atoms with van der Waals surface area (Å²) in [5, 5.41) is 13.7. The molecule has 3 aromatic carbocycles. The highest BCUT2D eigenvalue weighted by molar-refractivity contribution is 5.77. The first-order valence-electron chi connectivity index (χ1n) is 13.2. The summed E-state index contributed by atoms with van der Waals surface area (Å²) in [4.78, 5) is 14.0. The van der Waals surface area contributed by atoms with Crippen LogP contribution in [-0.2, 0) is 15.1 Å². The monoisotopic (exact) mass is 545 g/mol. The summed E-state index contributed by atoms with van der Waals surface area (Å²) in [5.74, 6) is 1.45. The second-order valence-corrected chi connectivity index (χ2v) is 9.96. The van der Waals surface area contributed by atoms with Crippen molar-refractivity contribution in [2.75, 3.05) is 20.8 Å². The molecule has 2 heterocycles. The maximum Gasteiger partial charge on any atom is 0.325 e. The van der Waals surface area contributed by atoms with Gasteiger partial charge in [0.2, 0.25) is 0 Å². The average Bonchev–Trinajstić information content (AvgIpc) is 3.36. The number of urea groups is 1. The second kappa shape index (κ2) is 11.7. The van der Waals surface area contributed by atoms with Crippen LogP contribution >= 0.6 is 0 Å². The molecule has 0 aliphatic carbocycles. The van der Waals surface area contributed by atoms with Gasteiger partial charge in [-0.3, -0.25) is 4.90 Å². The molecule has 0 radical (unpaired) electrons.